The van der Waals surface area contributed by atoms with Crippen LogP contribution in [0.2, 0.25) is 0 Å². The molecule has 0 saturated heterocycles. The molecule has 12 rings (SSSR count). The Balaban J connectivity index is 1.04. The molecule has 2 aromatic heterocycles. The normalized spacial score (nSPS) is 16.4. The molecule has 0 spiro atoms. The number of anilines is 2. The van der Waals surface area contributed by atoms with Gasteiger partial charge in [-0.1, -0.05) is 97.1 Å². The summed E-state index contributed by atoms with van der Waals surface area (Å²) in [4.78, 5) is 7.61. The fourth-order valence-corrected chi connectivity index (χ4v) is 9.82. The van der Waals surface area contributed by atoms with Gasteiger partial charge in [-0.15, -0.1) is 11.3 Å². The molecule has 0 N–H and O–H groups in total. The molecule has 2 atom stereocenters. The highest BCUT2D eigenvalue weighted by Gasteiger charge is 2.46. The van der Waals surface area contributed by atoms with Crippen molar-refractivity contribution in [1.82, 2.24) is 4.57 Å². The van der Waals surface area contributed by atoms with E-state index in [2.05, 4.69) is 167 Å². The van der Waals surface area contributed by atoms with Crippen molar-refractivity contribution in [2.24, 2.45) is 4.99 Å². The van der Waals surface area contributed by atoms with E-state index in [1.807, 2.05) is 29.5 Å². The molecule has 4 nitrogen and oxygen atoms in total. The summed E-state index contributed by atoms with van der Waals surface area (Å²) in [5.41, 5.74) is 9.26. The Labute approximate surface area is 315 Å². The zero-order valence-electron chi connectivity index (χ0n) is 29.1. The molecule has 2 unspecified atom stereocenters. The standard InChI is InChI=1S/C49H31N3OS/c1-3-10-32(11-4-1)48-50-45-44-41-28-34(16-15-31(41)19-22-43(44)52(49(45)53-48)36-13-5-2-6-14-36)35-18-21-38-42(29-35)39-24-26-54-47(39)40-23-25-51(46(38)40)37-20-17-30-9-7-8-12-33(30)27-37/h1-29,45,49H. The Bertz CT molecular complexity index is 3160. The zero-order valence-corrected chi connectivity index (χ0v) is 29.9. The Kier molecular flexibility index (Phi) is 6.30. The summed E-state index contributed by atoms with van der Waals surface area (Å²) in [6, 6.07) is 59.0. The minimum atomic E-state index is -0.263. The van der Waals surface area contributed by atoms with Gasteiger partial charge < -0.3 is 14.2 Å². The van der Waals surface area contributed by atoms with Gasteiger partial charge in [0.15, 0.2) is 0 Å². The first kappa shape index (κ1) is 29.8. The van der Waals surface area contributed by atoms with Gasteiger partial charge in [-0.3, -0.25) is 0 Å². The third kappa shape index (κ3) is 4.33. The average Bonchev–Trinajstić information content (AvgIpc) is 4.04. The average molecular weight is 710 g/mol. The van der Waals surface area contributed by atoms with Crippen LogP contribution in [0.3, 0.4) is 0 Å². The van der Waals surface area contributed by atoms with Gasteiger partial charge in [0.2, 0.25) is 12.1 Å². The summed E-state index contributed by atoms with van der Waals surface area (Å²) in [5.74, 6) is 0.694. The topological polar surface area (TPSA) is 29.8 Å². The smallest absolute Gasteiger partial charge is 0.218 e. The minimum absolute atomic E-state index is 0.160. The Morgan fingerprint density at radius 2 is 1.26 bits per heavy atom. The Hall–Kier alpha value is -6.69. The lowest BCUT2D eigenvalue weighted by atomic mass is 9.93. The number of hydrogen-bond donors (Lipinski definition) is 0. The summed E-state index contributed by atoms with van der Waals surface area (Å²) in [6.45, 7) is 0. The molecule has 0 radical (unpaired) electrons. The van der Waals surface area contributed by atoms with E-state index in [1.54, 1.807) is 0 Å². The fourth-order valence-electron chi connectivity index (χ4n) is 8.88. The molecule has 2 aliphatic heterocycles. The first-order valence-electron chi connectivity index (χ1n) is 18.4. The van der Waals surface area contributed by atoms with Gasteiger partial charge >= 0.3 is 0 Å². The van der Waals surface area contributed by atoms with Crippen LogP contribution in [-0.2, 0) is 4.74 Å². The van der Waals surface area contributed by atoms with Crippen LogP contribution in [-0.4, -0.2) is 16.7 Å². The van der Waals surface area contributed by atoms with Crippen molar-refractivity contribution >= 4 is 81.9 Å². The van der Waals surface area contributed by atoms with E-state index >= 15 is 0 Å². The fraction of sp³-hybridized carbons (Fsp3) is 0.0408. The molecular weight excluding hydrogens is 679 g/mol. The second-order valence-corrected chi connectivity index (χ2v) is 15.2. The van der Waals surface area contributed by atoms with Gasteiger partial charge in [0, 0.05) is 49.6 Å². The Morgan fingerprint density at radius 3 is 2.13 bits per heavy atom. The second-order valence-electron chi connectivity index (χ2n) is 14.3. The molecule has 0 fully saturated rings. The van der Waals surface area contributed by atoms with Gasteiger partial charge in [-0.05, 0) is 110 Å². The lowest BCUT2D eigenvalue weighted by Gasteiger charge is -2.26. The number of fused-ring (bicyclic) bond motifs is 12. The van der Waals surface area contributed by atoms with Crippen molar-refractivity contribution < 1.29 is 4.74 Å². The zero-order chi connectivity index (χ0) is 35.3. The highest BCUT2D eigenvalue weighted by Crippen LogP contribution is 2.52. The number of aliphatic imine (C=N–C) groups is 1. The van der Waals surface area contributed by atoms with Gasteiger partial charge in [0.1, 0.15) is 6.04 Å². The van der Waals surface area contributed by atoms with Crippen LogP contribution >= 0.6 is 11.3 Å². The third-order valence-electron chi connectivity index (χ3n) is 11.4. The molecule has 254 valence electrons. The highest BCUT2D eigenvalue weighted by molar-refractivity contribution is 7.18. The monoisotopic (exact) mass is 709 g/mol. The predicted octanol–water partition coefficient (Wildman–Crippen LogP) is 13.0. The molecule has 10 aromatic rings. The second kappa shape index (κ2) is 11.4. The molecular formula is C49H31N3OS. The van der Waals surface area contributed by atoms with E-state index < -0.39 is 0 Å². The Morgan fingerprint density at radius 1 is 0.519 bits per heavy atom. The molecule has 8 aromatic carbocycles. The van der Waals surface area contributed by atoms with E-state index in [-0.39, 0.29) is 12.3 Å². The summed E-state index contributed by atoms with van der Waals surface area (Å²) in [5, 5.41) is 12.3. The van der Waals surface area contributed by atoms with E-state index in [1.165, 1.54) is 75.7 Å². The third-order valence-corrected chi connectivity index (χ3v) is 12.3. The summed E-state index contributed by atoms with van der Waals surface area (Å²) in [6.07, 6.45) is 1.97. The number of para-hydroxylation sites is 1. The number of benzene rings is 8. The van der Waals surface area contributed by atoms with Crippen molar-refractivity contribution in [2.45, 2.75) is 12.3 Å². The van der Waals surface area contributed by atoms with Crippen molar-refractivity contribution in [3.63, 3.8) is 0 Å². The van der Waals surface area contributed by atoms with Crippen molar-refractivity contribution in [1.29, 1.82) is 0 Å². The molecule has 0 amide bonds. The molecule has 2 aliphatic rings. The summed E-state index contributed by atoms with van der Waals surface area (Å²) >= 11 is 1.82. The number of hydrogen-bond acceptors (Lipinski definition) is 4. The SMILES string of the molecule is c1ccc(C2=NC3c4c(ccc5ccc(-c6ccc7c(c6)c6ccsc6c6ccn(-c8ccc9ccccc9c8)c76)cc45)N(c4ccccc4)C3O2)cc1. The molecule has 0 bridgehead atoms. The van der Waals surface area contributed by atoms with Crippen LogP contribution in [0.1, 0.15) is 17.2 Å². The van der Waals surface area contributed by atoms with E-state index in [0.29, 0.717) is 5.90 Å². The lowest BCUT2D eigenvalue weighted by molar-refractivity contribution is 0.210. The molecule has 0 aliphatic carbocycles. The molecule has 4 heterocycles. The largest absolute Gasteiger partial charge is 0.450 e. The summed E-state index contributed by atoms with van der Waals surface area (Å²) in [7, 11) is 0. The van der Waals surface area contributed by atoms with Crippen molar-refractivity contribution in [3.05, 3.63) is 186 Å². The maximum absolute atomic E-state index is 6.73. The highest BCUT2D eigenvalue weighted by atomic mass is 32.1. The van der Waals surface area contributed by atoms with Gasteiger partial charge in [0.05, 0.1) is 11.2 Å². The molecule has 0 saturated carbocycles. The van der Waals surface area contributed by atoms with E-state index in [4.69, 9.17) is 9.73 Å². The van der Waals surface area contributed by atoms with Gasteiger partial charge in [0.25, 0.3) is 0 Å². The van der Waals surface area contributed by atoms with Crippen LogP contribution in [0, 0.1) is 0 Å². The number of nitrogens with zero attached hydrogens (tertiary/aromatic N) is 3. The number of aromatic nitrogens is 1. The number of thiophene rings is 1. The first-order chi connectivity index (χ1) is 26.8. The van der Waals surface area contributed by atoms with Gasteiger partial charge in [-0.25, -0.2) is 4.99 Å². The van der Waals surface area contributed by atoms with Crippen LogP contribution in [0.25, 0.3) is 70.1 Å². The molecule has 5 heteroatoms. The minimum Gasteiger partial charge on any atom is -0.450 e. The van der Waals surface area contributed by atoms with Crippen molar-refractivity contribution in [3.8, 4) is 16.8 Å². The van der Waals surface area contributed by atoms with Crippen LogP contribution in [0.5, 0.6) is 0 Å². The van der Waals surface area contributed by atoms with E-state index in [0.717, 1.165) is 16.9 Å². The maximum atomic E-state index is 6.73. The quantitative estimate of drug-likeness (QED) is 0.182. The predicted molar refractivity (Wildman–Crippen MR) is 226 cm³/mol. The number of ether oxygens (including phenoxy) is 1. The number of rotatable bonds is 4. The molecule has 54 heavy (non-hydrogen) atoms. The van der Waals surface area contributed by atoms with Crippen LogP contribution in [0.15, 0.2) is 180 Å². The van der Waals surface area contributed by atoms with Crippen LogP contribution < -0.4 is 4.90 Å². The maximum Gasteiger partial charge on any atom is 0.218 e. The lowest BCUT2D eigenvalue weighted by Crippen LogP contribution is -2.30. The van der Waals surface area contributed by atoms with Gasteiger partial charge in [-0.2, -0.15) is 0 Å². The van der Waals surface area contributed by atoms with Crippen LogP contribution in [0.4, 0.5) is 11.4 Å². The van der Waals surface area contributed by atoms with Crippen molar-refractivity contribution in [2.75, 3.05) is 4.90 Å². The summed E-state index contributed by atoms with van der Waals surface area (Å²) < 4.78 is 10.4. The first-order valence-corrected chi connectivity index (χ1v) is 19.3. The van der Waals surface area contributed by atoms with E-state index in [9.17, 15) is 0 Å².